The summed E-state index contributed by atoms with van der Waals surface area (Å²) in [5.74, 6) is 0. The Hall–Kier alpha value is 0.0600. The fourth-order valence-corrected chi connectivity index (χ4v) is 4.18. The van der Waals surface area contributed by atoms with Crippen molar-refractivity contribution in [3.63, 3.8) is 0 Å². The Morgan fingerprint density at radius 3 is 2.68 bits per heavy atom. The van der Waals surface area contributed by atoms with E-state index in [4.69, 9.17) is 10.5 Å². The molecule has 0 aromatic carbocycles. The SMILES string of the molecule is COC1CCC(CN)(N(C)Cc2csc(Br)c2)CC1. The molecule has 0 unspecified atom stereocenters. The van der Waals surface area contributed by atoms with Gasteiger partial charge in [-0.05, 0) is 65.7 Å². The molecule has 1 fully saturated rings. The summed E-state index contributed by atoms with van der Waals surface area (Å²) in [6, 6.07) is 2.20. The highest BCUT2D eigenvalue weighted by molar-refractivity contribution is 9.11. The quantitative estimate of drug-likeness (QED) is 0.889. The molecule has 108 valence electrons. The third kappa shape index (κ3) is 3.58. The minimum Gasteiger partial charge on any atom is -0.381 e. The number of nitrogens with two attached hydrogens (primary N) is 1. The van der Waals surface area contributed by atoms with E-state index < -0.39 is 0 Å². The lowest BCUT2D eigenvalue weighted by Gasteiger charge is -2.45. The summed E-state index contributed by atoms with van der Waals surface area (Å²) in [7, 11) is 4.01. The lowest BCUT2D eigenvalue weighted by atomic mass is 9.79. The van der Waals surface area contributed by atoms with Crippen LogP contribution in [0.4, 0.5) is 0 Å². The van der Waals surface area contributed by atoms with Gasteiger partial charge in [-0.25, -0.2) is 0 Å². The smallest absolute Gasteiger partial charge is 0.0701 e. The van der Waals surface area contributed by atoms with Crippen molar-refractivity contribution >= 4 is 27.3 Å². The van der Waals surface area contributed by atoms with Crippen LogP contribution in [0.5, 0.6) is 0 Å². The number of nitrogens with zero attached hydrogens (tertiary/aromatic N) is 1. The van der Waals surface area contributed by atoms with Gasteiger partial charge in [-0.2, -0.15) is 0 Å². The van der Waals surface area contributed by atoms with Crippen molar-refractivity contribution in [3.05, 3.63) is 20.8 Å². The van der Waals surface area contributed by atoms with Crippen LogP contribution in [0.15, 0.2) is 15.2 Å². The van der Waals surface area contributed by atoms with Crippen molar-refractivity contribution in [1.29, 1.82) is 0 Å². The van der Waals surface area contributed by atoms with Gasteiger partial charge in [-0.3, -0.25) is 4.90 Å². The molecule has 1 saturated carbocycles. The Bertz CT molecular complexity index is 402. The molecule has 3 nitrogen and oxygen atoms in total. The van der Waals surface area contributed by atoms with Gasteiger partial charge < -0.3 is 10.5 Å². The maximum absolute atomic E-state index is 6.10. The summed E-state index contributed by atoms with van der Waals surface area (Å²) in [6.07, 6.45) is 4.91. The van der Waals surface area contributed by atoms with E-state index in [-0.39, 0.29) is 5.54 Å². The lowest BCUT2D eigenvalue weighted by molar-refractivity contribution is 0.000539. The van der Waals surface area contributed by atoms with Gasteiger partial charge >= 0.3 is 0 Å². The van der Waals surface area contributed by atoms with E-state index in [1.807, 2.05) is 7.11 Å². The first-order valence-corrected chi connectivity index (χ1v) is 8.44. The van der Waals surface area contributed by atoms with Crippen molar-refractivity contribution in [2.75, 3.05) is 20.7 Å². The van der Waals surface area contributed by atoms with Crippen LogP contribution in [0.1, 0.15) is 31.2 Å². The summed E-state index contributed by atoms with van der Waals surface area (Å²) >= 11 is 5.27. The van der Waals surface area contributed by atoms with Gasteiger partial charge in [-0.15, -0.1) is 11.3 Å². The Morgan fingerprint density at radius 2 is 2.21 bits per heavy atom. The predicted octanol–water partition coefficient (Wildman–Crippen LogP) is 3.23. The van der Waals surface area contributed by atoms with Crippen LogP contribution in [0.2, 0.25) is 0 Å². The molecule has 0 atom stereocenters. The second-order valence-corrected chi connectivity index (χ2v) is 7.77. The van der Waals surface area contributed by atoms with Crippen molar-refractivity contribution in [2.45, 2.75) is 43.9 Å². The third-order valence-corrected chi connectivity index (χ3v) is 5.98. The van der Waals surface area contributed by atoms with Crippen molar-refractivity contribution in [1.82, 2.24) is 4.90 Å². The zero-order valence-corrected chi connectivity index (χ0v) is 14.1. The Morgan fingerprint density at radius 1 is 1.53 bits per heavy atom. The molecule has 0 bridgehead atoms. The molecule has 0 radical (unpaired) electrons. The summed E-state index contributed by atoms with van der Waals surface area (Å²) < 4.78 is 6.66. The molecule has 0 saturated heterocycles. The van der Waals surface area contributed by atoms with Crippen LogP contribution in [0.3, 0.4) is 0 Å². The van der Waals surface area contributed by atoms with E-state index in [2.05, 4.69) is 39.3 Å². The number of hydrogen-bond acceptors (Lipinski definition) is 4. The normalized spacial score (nSPS) is 27.9. The van der Waals surface area contributed by atoms with E-state index in [1.54, 1.807) is 11.3 Å². The highest BCUT2D eigenvalue weighted by Crippen LogP contribution is 2.34. The molecule has 2 N–H and O–H groups in total. The average Bonchev–Trinajstić information content (AvgIpc) is 2.84. The second-order valence-electron chi connectivity index (χ2n) is 5.48. The summed E-state index contributed by atoms with van der Waals surface area (Å²) in [5.41, 5.74) is 7.60. The van der Waals surface area contributed by atoms with Crippen LogP contribution in [0, 0.1) is 0 Å². The van der Waals surface area contributed by atoms with Crippen LogP contribution < -0.4 is 5.73 Å². The number of thiophene rings is 1. The van der Waals surface area contributed by atoms with Crippen LogP contribution in [-0.4, -0.2) is 37.2 Å². The first kappa shape index (κ1) is 15.4. The van der Waals surface area contributed by atoms with E-state index in [1.165, 1.54) is 9.35 Å². The van der Waals surface area contributed by atoms with Crippen LogP contribution in [-0.2, 0) is 11.3 Å². The van der Waals surface area contributed by atoms with Gasteiger partial charge in [0.1, 0.15) is 0 Å². The minimum atomic E-state index is 0.142. The van der Waals surface area contributed by atoms with Gasteiger partial charge in [0, 0.05) is 25.7 Å². The number of rotatable bonds is 5. The molecule has 2 rings (SSSR count). The molecule has 19 heavy (non-hydrogen) atoms. The molecule has 1 aliphatic carbocycles. The molecule has 0 aliphatic heterocycles. The van der Waals surface area contributed by atoms with Crippen LogP contribution >= 0.6 is 27.3 Å². The second kappa shape index (κ2) is 6.68. The maximum atomic E-state index is 6.10. The average molecular weight is 347 g/mol. The first-order valence-electron chi connectivity index (χ1n) is 6.76. The molecule has 1 aromatic heterocycles. The maximum Gasteiger partial charge on any atom is 0.0701 e. The lowest BCUT2D eigenvalue weighted by Crippen LogP contribution is -2.54. The first-order chi connectivity index (χ1) is 9.09. The van der Waals surface area contributed by atoms with Gasteiger partial charge in [-0.1, -0.05) is 0 Å². The van der Waals surface area contributed by atoms with Gasteiger partial charge in [0.25, 0.3) is 0 Å². The monoisotopic (exact) mass is 346 g/mol. The number of halogens is 1. The zero-order valence-electron chi connectivity index (χ0n) is 11.7. The summed E-state index contributed by atoms with van der Waals surface area (Å²) in [6.45, 7) is 1.70. The minimum absolute atomic E-state index is 0.142. The molecular formula is C14H23BrN2OS. The standard InChI is InChI=1S/C14H23BrN2OS/c1-17(8-11-7-13(15)19-9-11)14(10-16)5-3-12(18-2)4-6-14/h7,9,12H,3-6,8,10,16H2,1-2H3. The van der Waals surface area contributed by atoms with Crippen molar-refractivity contribution in [2.24, 2.45) is 5.73 Å². The largest absolute Gasteiger partial charge is 0.381 e. The molecule has 1 heterocycles. The fraction of sp³-hybridized carbons (Fsp3) is 0.714. The molecule has 1 aromatic rings. The van der Waals surface area contributed by atoms with E-state index in [9.17, 15) is 0 Å². The number of likely N-dealkylation sites (N-methyl/N-ethyl adjacent to an activating group) is 1. The van der Waals surface area contributed by atoms with E-state index >= 15 is 0 Å². The van der Waals surface area contributed by atoms with Crippen molar-refractivity contribution < 1.29 is 4.74 Å². The molecule has 0 amide bonds. The van der Waals surface area contributed by atoms with Gasteiger partial charge in [0.15, 0.2) is 0 Å². The third-order valence-electron chi connectivity index (χ3n) is 4.43. The molecule has 1 aliphatic rings. The van der Waals surface area contributed by atoms with Crippen molar-refractivity contribution in [3.8, 4) is 0 Å². The van der Waals surface area contributed by atoms with E-state index in [0.717, 1.165) is 38.8 Å². The zero-order chi connectivity index (χ0) is 13.9. The molecule has 5 heteroatoms. The highest BCUT2D eigenvalue weighted by Gasteiger charge is 2.37. The number of methoxy groups -OCH3 is 1. The fourth-order valence-electron chi connectivity index (χ4n) is 2.98. The van der Waals surface area contributed by atoms with E-state index in [0.29, 0.717) is 6.10 Å². The molecule has 0 spiro atoms. The number of ether oxygens (including phenoxy) is 1. The molecular weight excluding hydrogens is 324 g/mol. The van der Waals surface area contributed by atoms with Crippen LogP contribution in [0.25, 0.3) is 0 Å². The highest BCUT2D eigenvalue weighted by atomic mass is 79.9. The predicted molar refractivity (Wildman–Crippen MR) is 84.5 cm³/mol. The Balaban J connectivity index is 2.00. The number of hydrogen-bond donors (Lipinski definition) is 1. The Kier molecular flexibility index (Phi) is 5.43. The topological polar surface area (TPSA) is 38.5 Å². The Labute approximate surface area is 128 Å². The summed E-state index contributed by atoms with van der Waals surface area (Å²) in [4.78, 5) is 2.44. The van der Waals surface area contributed by atoms with Gasteiger partial charge in [0.05, 0.1) is 9.89 Å². The van der Waals surface area contributed by atoms with Gasteiger partial charge in [0.2, 0.25) is 0 Å². The summed E-state index contributed by atoms with van der Waals surface area (Å²) in [5, 5.41) is 2.21.